The van der Waals surface area contributed by atoms with Gasteiger partial charge in [-0.1, -0.05) is 181 Å². The van der Waals surface area contributed by atoms with Crippen molar-refractivity contribution >= 4 is 11.9 Å². The Bertz CT molecular complexity index is 499. The predicted octanol–water partition coefficient (Wildman–Crippen LogP) is 12.1. The van der Waals surface area contributed by atoms with Gasteiger partial charge in [-0.15, -0.1) is 0 Å². The molecule has 0 aromatic heterocycles. The molecule has 0 aliphatic rings. The Kier molecular flexibility index (Phi) is 30.1. The maximum atomic E-state index is 10.7. The van der Waals surface area contributed by atoms with Crippen LogP contribution in [0.1, 0.15) is 206 Å². The first-order valence-electron chi connectivity index (χ1n) is 17.9. The lowest BCUT2D eigenvalue weighted by atomic mass is 9.78. The van der Waals surface area contributed by atoms with Gasteiger partial charge in [-0.05, 0) is 24.7 Å². The van der Waals surface area contributed by atoms with E-state index in [4.69, 9.17) is 10.2 Å². The summed E-state index contributed by atoms with van der Waals surface area (Å²) >= 11 is 0. The van der Waals surface area contributed by atoms with Crippen molar-refractivity contribution in [2.24, 2.45) is 11.8 Å². The van der Waals surface area contributed by atoms with Crippen molar-refractivity contribution in [2.75, 3.05) is 0 Å². The number of hydrogen-bond donors (Lipinski definition) is 2. The Morgan fingerprint density at radius 3 is 0.850 bits per heavy atom. The maximum absolute atomic E-state index is 10.7. The van der Waals surface area contributed by atoms with Crippen LogP contribution in [0.4, 0.5) is 0 Å². The van der Waals surface area contributed by atoms with Gasteiger partial charge in [0.05, 0.1) is 0 Å². The Balaban J connectivity index is 4.73. The second kappa shape index (κ2) is 30.9. The minimum atomic E-state index is -0.660. The van der Waals surface area contributed by atoms with E-state index >= 15 is 0 Å². The standard InChI is InChI=1S/C36H70O4/c1-3-5-7-9-15-21-27-33(29-23-17-11-13-19-25-31-35(37)38)34(28-22-16-10-8-6-4-2)30-24-18-12-14-20-26-32-36(39)40/h33-34H,3-32H2,1-2H3,(H,37,38)(H,39,40)/t33-,34+. The summed E-state index contributed by atoms with van der Waals surface area (Å²) in [6, 6.07) is 0. The highest BCUT2D eigenvalue weighted by Crippen LogP contribution is 2.33. The van der Waals surface area contributed by atoms with E-state index in [-0.39, 0.29) is 0 Å². The van der Waals surface area contributed by atoms with Gasteiger partial charge in [0, 0.05) is 12.8 Å². The Labute approximate surface area is 249 Å². The molecule has 2 atom stereocenters. The lowest BCUT2D eigenvalue weighted by molar-refractivity contribution is -0.138. The van der Waals surface area contributed by atoms with Gasteiger partial charge in [0.1, 0.15) is 0 Å². The van der Waals surface area contributed by atoms with Crippen LogP contribution in [-0.4, -0.2) is 22.2 Å². The summed E-state index contributed by atoms with van der Waals surface area (Å²) in [4.78, 5) is 21.5. The first kappa shape index (κ1) is 38.9. The SMILES string of the molecule is CCCCCCCC[C@H](CCCCCCCCC(=O)O)[C@@H](CCCCCCCC)CCCCCCCCC(=O)O. The quantitative estimate of drug-likeness (QED) is 0.0775. The highest BCUT2D eigenvalue weighted by atomic mass is 16.4. The average Bonchev–Trinajstić information content (AvgIpc) is 2.92. The molecule has 0 bridgehead atoms. The van der Waals surface area contributed by atoms with E-state index in [2.05, 4.69) is 13.8 Å². The monoisotopic (exact) mass is 567 g/mol. The molecule has 0 rings (SSSR count). The second-order valence-corrected chi connectivity index (χ2v) is 12.7. The topological polar surface area (TPSA) is 74.6 Å². The highest BCUT2D eigenvalue weighted by molar-refractivity contribution is 5.66. The molecule has 0 spiro atoms. The third kappa shape index (κ3) is 28.5. The van der Waals surface area contributed by atoms with E-state index in [1.807, 2.05) is 0 Å². The van der Waals surface area contributed by atoms with Crippen molar-refractivity contribution in [3.8, 4) is 0 Å². The number of carbonyl (C=O) groups is 2. The number of unbranched alkanes of at least 4 members (excludes halogenated alkanes) is 20. The summed E-state index contributed by atoms with van der Waals surface area (Å²) in [7, 11) is 0. The summed E-state index contributed by atoms with van der Waals surface area (Å²) in [6.07, 6.45) is 36.8. The van der Waals surface area contributed by atoms with Gasteiger partial charge in [-0.25, -0.2) is 0 Å². The van der Waals surface area contributed by atoms with Crippen molar-refractivity contribution in [2.45, 2.75) is 206 Å². The number of carboxylic acids is 2. The van der Waals surface area contributed by atoms with Crippen LogP contribution >= 0.6 is 0 Å². The summed E-state index contributed by atoms with van der Waals surface area (Å²) < 4.78 is 0. The van der Waals surface area contributed by atoms with Crippen LogP contribution in [0.5, 0.6) is 0 Å². The number of aliphatic carboxylic acids is 2. The van der Waals surface area contributed by atoms with Gasteiger partial charge in [0.25, 0.3) is 0 Å². The highest BCUT2D eigenvalue weighted by Gasteiger charge is 2.20. The molecule has 0 unspecified atom stereocenters. The molecule has 4 heteroatoms. The molecular weight excluding hydrogens is 496 g/mol. The van der Waals surface area contributed by atoms with Crippen LogP contribution in [0.25, 0.3) is 0 Å². The molecule has 0 saturated heterocycles. The zero-order chi connectivity index (χ0) is 29.5. The van der Waals surface area contributed by atoms with E-state index in [0.717, 1.165) is 37.5 Å². The maximum Gasteiger partial charge on any atom is 0.303 e. The molecule has 0 amide bonds. The van der Waals surface area contributed by atoms with Gasteiger partial charge in [0.2, 0.25) is 0 Å². The van der Waals surface area contributed by atoms with Gasteiger partial charge in [-0.2, -0.15) is 0 Å². The predicted molar refractivity (Wildman–Crippen MR) is 172 cm³/mol. The van der Waals surface area contributed by atoms with Crippen molar-refractivity contribution in [1.29, 1.82) is 0 Å². The fourth-order valence-electron chi connectivity index (χ4n) is 6.38. The molecule has 0 aliphatic carbocycles. The molecule has 0 aromatic rings. The fourth-order valence-corrected chi connectivity index (χ4v) is 6.38. The van der Waals surface area contributed by atoms with Crippen molar-refractivity contribution < 1.29 is 19.8 Å². The van der Waals surface area contributed by atoms with Crippen molar-refractivity contribution in [3.63, 3.8) is 0 Å². The van der Waals surface area contributed by atoms with E-state index in [9.17, 15) is 9.59 Å². The van der Waals surface area contributed by atoms with Gasteiger partial charge >= 0.3 is 11.9 Å². The summed E-state index contributed by atoms with van der Waals surface area (Å²) in [5.74, 6) is 0.438. The third-order valence-electron chi connectivity index (χ3n) is 8.95. The van der Waals surface area contributed by atoms with Crippen LogP contribution in [0.3, 0.4) is 0 Å². The van der Waals surface area contributed by atoms with E-state index in [1.165, 1.54) is 154 Å². The molecule has 0 aliphatic heterocycles. The number of rotatable bonds is 33. The minimum Gasteiger partial charge on any atom is -0.481 e. The van der Waals surface area contributed by atoms with Crippen LogP contribution in [0.2, 0.25) is 0 Å². The Morgan fingerprint density at radius 1 is 0.375 bits per heavy atom. The lowest BCUT2D eigenvalue weighted by Gasteiger charge is -2.28. The summed E-state index contributed by atoms with van der Waals surface area (Å²) in [5.41, 5.74) is 0. The number of hydrogen-bond acceptors (Lipinski definition) is 2. The summed E-state index contributed by atoms with van der Waals surface area (Å²) in [5, 5.41) is 17.7. The lowest BCUT2D eigenvalue weighted by Crippen LogP contribution is -2.16. The first-order valence-corrected chi connectivity index (χ1v) is 17.9. The fraction of sp³-hybridized carbons (Fsp3) is 0.944. The minimum absolute atomic E-state index is 0.322. The van der Waals surface area contributed by atoms with E-state index in [0.29, 0.717) is 12.8 Å². The second-order valence-electron chi connectivity index (χ2n) is 12.7. The van der Waals surface area contributed by atoms with Crippen LogP contribution in [0.15, 0.2) is 0 Å². The molecule has 2 N–H and O–H groups in total. The zero-order valence-corrected chi connectivity index (χ0v) is 27.1. The molecule has 4 nitrogen and oxygen atoms in total. The molecule has 0 heterocycles. The molecule has 0 aromatic carbocycles. The molecule has 0 radical (unpaired) electrons. The van der Waals surface area contributed by atoms with Crippen LogP contribution < -0.4 is 0 Å². The largest absolute Gasteiger partial charge is 0.481 e. The number of carboxylic acid groups (broad SMARTS) is 2. The Morgan fingerprint density at radius 2 is 0.600 bits per heavy atom. The van der Waals surface area contributed by atoms with E-state index in [1.54, 1.807) is 0 Å². The summed E-state index contributed by atoms with van der Waals surface area (Å²) in [6.45, 7) is 4.59. The first-order chi connectivity index (χ1) is 19.5. The molecule has 0 fully saturated rings. The van der Waals surface area contributed by atoms with Crippen molar-refractivity contribution in [3.05, 3.63) is 0 Å². The Hall–Kier alpha value is -1.06. The normalized spacial score (nSPS) is 12.9. The van der Waals surface area contributed by atoms with Crippen LogP contribution in [-0.2, 0) is 9.59 Å². The molecule has 40 heavy (non-hydrogen) atoms. The van der Waals surface area contributed by atoms with Gasteiger partial charge in [-0.3, -0.25) is 9.59 Å². The molecular formula is C36H70O4. The molecule has 0 saturated carbocycles. The average molecular weight is 567 g/mol. The zero-order valence-electron chi connectivity index (χ0n) is 27.1. The smallest absolute Gasteiger partial charge is 0.303 e. The van der Waals surface area contributed by atoms with Gasteiger partial charge in [0.15, 0.2) is 0 Å². The van der Waals surface area contributed by atoms with Gasteiger partial charge < -0.3 is 10.2 Å². The van der Waals surface area contributed by atoms with Crippen LogP contribution in [0, 0.1) is 11.8 Å². The van der Waals surface area contributed by atoms with Crippen molar-refractivity contribution in [1.82, 2.24) is 0 Å². The molecule has 238 valence electrons. The third-order valence-corrected chi connectivity index (χ3v) is 8.95. The van der Waals surface area contributed by atoms with E-state index < -0.39 is 11.9 Å².